The van der Waals surface area contributed by atoms with Crippen LogP contribution < -0.4 is 5.56 Å². The van der Waals surface area contributed by atoms with Gasteiger partial charge in [0.15, 0.2) is 0 Å². The van der Waals surface area contributed by atoms with Crippen LogP contribution in [0.25, 0.3) is 0 Å². The molecule has 20 heavy (non-hydrogen) atoms. The summed E-state index contributed by atoms with van der Waals surface area (Å²) in [5.41, 5.74) is 0.681. The first-order valence-corrected chi connectivity index (χ1v) is 6.96. The maximum absolute atomic E-state index is 11.9. The molecule has 1 unspecified atom stereocenters. The zero-order valence-corrected chi connectivity index (χ0v) is 12.5. The van der Waals surface area contributed by atoms with Gasteiger partial charge in [0.1, 0.15) is 12.6 Å². The highest BCUT2D eigenvalue weighted by molar-refractivity contribution is 9.10. The second-order valence-electron chi connectivity index (χ2n) is 4.36. The molecule has 0 amide bonds. The van der Waals surface area contributed by atoms with Crippen LogP contribution in [0.5, 0.6) is 0 Å². The van der Waals surface area contributed by atoms with Crippen molar-refractivity contribution in [3.8, 4) is 0 Å². The number of nitrogens with zero attached hydrogens (tertiary/aromatic N) is 1. The minimum absolute atomic E-state index is 0.102. The van der Waals surface area contributed by atoms with E-state index >= 15 is 0 Å². The molecule has 0 spiro atoms. The number of benzene rings is 1. The molecule has 0 bridgehead atoms. The zero-order chi connectivity index (χ0) is 14.5. The lowest BCUT2D eigenvalue weighted by Gasteiger charge is -2.14. The summed E-state index contributed by atoms with van der Waals surface area (Å²) in [6, 6.07) is 12.5. The third-order valence-electron chi connectivity index (χ3n) is 2.82. The summed E-state index contributed by atoms with van der Waals surface area (Å²) in [5, 5.41) is 0. The van der Waals surface area contributed by atoms with Crippen LogP contribution in [-0.2, 0) is 16.1 Å². The number of halogens is 1. The molecular formula is C15H14BrNO3. The molecule has 2 aromatic rings. The lowest BCUT2D eigenvalue weighted by atomic mass is 10.1. The Kier molecular flexibility index (Phi) is 4.74. The molecule has 1 heterocycles. The van der Waals surface area contributed by atoms with Crippen LogP contribution in [0.4, 0.5) is 0 Å². The fourth-order valence-electron chi connectivity index (χ4n) is 1.79. The Morgan fingerprint density at radius 2 is 1.95 bits per heavy atom. The Hall–Kier alpha value is -1.88. The largest absolute Gasteiger partial charge is 0.456 e. The van der Waals surface area contributed by atoms with Gasteiger partial charge in [0.05, 0.1) is 0 Å². The van der Waals surface area contributed by atoms with Crippen LogP contribution in [0.1, 0.15) is 18.6 Å². The van der Waals surface area contributed by atoms with Gasteiger partial charge in [-0.25, -0.2) is 0 Å². The summed E-state index contributed by atoms with van der Waals surface area (Å²) in [6.45, 7) is 1.70. The number of carbonyl (C=O) groups excluding carboxylic acids is 1. The van der Waals surface area contributed by atoms with Crippen LogP contribution in [-0.4, -0.2) is 10.5 Å². The number of aromatic nitrogens is 1. The first kappa shape index (κ1) is 14.5. The van der Waals surface area contributed by atoms with E-state index in [1.165, 1.54) is 10.6 Å². The lowest BCUT2D eigenvalue weighted by Crippen LogP contribution is -2.24. The number of ether oxygens (including phenoxy) is 1. The quantitative estimate of drug-likeness (QED) is 0.807. The third-order valence-corrected chi connectivity index (χ3v) is 3.29. The van der Waals surface area contributed by atoms with Crippen LogP contribution >= 0.6 is 15.9 Å². The van der Waals surface area contributed by atoms with Gasteiger partial charge in [0.2, 0.25) is 0 Å². The number of carbonyl (C=O) groups is 1. The number of hydrogen-bond donors (Lipinski definition) is 0. The number of hydrogen-bond acceptors (Lipinski definition) is 3. The van der Waals surface area contributed by atoms with Gasteiger partial charge in [-0.2, -0.15) is 0 Å². The number of pyridine rings is 1. The Morgan fingerprint density at radius 3 is 2.65 bits per heavy atom. The summed E-state index contributed by atoms with van der Waals surface area (Å²) in [7, 11) is 0. The fourth-order valence-corrected chi connectivity index (χ4v) is 2.17. The third kappa shape index (κ3) is 3.81. The number of esters is 1. The maximum Gasteiger partial charge on any atom is 0.326 e. The van der Waals surface area contributed by atoms with Gasteiger partial charge in [-0.05, 0) is 34.5 Å². The molecule has 0 aliphatic carbocycles. The average Bonchev–Trinajstić information content (AvgIpc) is 2.43. The summed E-state index contributed by atoms with van der Waals surface area (Å²) < 4.78 is 7.37. The zero-order valence-electron chi connectivity index (χ0n) is 11.0. The van der Waals surface area contributed by atoms with Crippen LogP contribution in [0.3, 0.4) is 0 Å². The molecule has 0 aliphatic heterocycles. The van der Waals surface area contributed by atoms with Gasteiger partial charge in [0.25, 0.3) is 5.56 Å². The molecule has 2 rings (SSSR count). The van der Waals surface area contributed by atoms with Gasteiger partial charge in [-0.15, -0.1) is 0 Å². The standard InChI is InChI=1S/C15H14BrNO3/c1-11(12-5-3-2-4-6-12)20-15(19)10-17-9-13(16)7-8-14(17)18/h2-9,11H,10H2,1H3. The van der Waals surface area contributed by atoms with E-state index in [0.29, 0.717) is 0 Å². The molecule has 1 aromatic carbocycles. The van der Waals surface area contributed by atoms with Crippen molar-refractivity contribution >= 4 is 21.9 Å². The van der Waals surface area contributed by atoms with Crippen molar-refractivity contribution < 1.29 is 9.53 Å². The Morgan fingerprint density at radius 1 is 1.25 bits per heavy atom. The predicted octanol–water partition coefficient (Wildman–Crippen LogP) is 2.92. The van der Waals surface area contributed by atoms with Crippen LogP contribution in [0.15, 0.2) is 57.9 Å². The van der Waals surface area contributed by atoms with Gasteiger partial charge in [0, 0.05) is 16.7 Å². The second-order valence-corrected chi connectivity index (χ2v) is 5.27. The Balaban J connectivity index is 2.02. The highest BCUT2D eigenvalue weighted by Gasteiger charge is 2.12. The molecule has 4 nitrogen and oxygen atoms in total. The molecular weight excluding hydrogens is 322 g/mol. The monoisotopic (exact) mass is 335 g/mol. The van der Waals surface area contributed by atoms with Gasteiger partial charge >= 0.3 is 5.97 Å². The number of rotatable bonds is 4. The van der Waals surface area contributed by atoms with E-state index in [9.17, 15) is 9.59 Å². The first-order valence-electron chi connectivity index (χ1n) is 6.16. The van der Waals surface area contributed by atoms with E-state index in [0.717, 1.165) is 10.0 Å². The topological polar surface area (TPSA) is 48.3 Å². The molecule has 0 N–H and O–H groups in total. The summed E-state index contributed by atoms with van der Waals surface area (Å²) >= 11 is 3.26. The SMILES string of the molecule is CC(OC(=O)Cn1cc(Br)ccc1=O)c1ccccc1. The highest BCUT2D eigenvalue weighted by atomic mass is 79.9. The molecule has 0 aliphatic rings. The van der Waals surface area contributed by atoms with E-state index in [1.54, 1.807) is 19.2 Å². The predicted molar refractivity (Wildman–Crippen MR) is 79.4 cm³/mol. The smallest absolute Gasteiger partial charge is 0.326 e. The Bertz CT molecular complexity index is 652. The van der Waals surface area contributed by atoms with Crippen molar-refractivity contribution in [2.24, 2.45) is 0 Å². The maximum atomic E-state index is 11.9. The average molecular weight is 336 g/mol. The van der Waals surface area contributed by atoms with Gasteiger partial charge in [-0.1, -0.05) is 30.3 Å². The van der Waals surface area contributed by atoms with Crippen molar-refractivity contribution in [1.82, 2.24) is 4.57 Å². The molecule has 0 saturated heterocycles. The van der Waals surface area contributed by atoms with Crippen LogP contribution in [0.2, 0.25) is 0 Å². The first-order chi connectivity index (χ1) is 9.56. The van der Waals surface area contributed by atoms with Crippen molar-refractivity contribution in [3.05, 3.63) is 69.1 Å². The van der Waals surface area contributed by atoms with Gasteiger partial charge < -0.3 is 9.30 Å². The Labute approximate surface area is 125 Å². The van der Waals surface area contributed by atoms with Crippen molar-refractivity contribution in [2.75, 3.05) is 0 Å². The lowest BCUT2D eigenvalue weighted by molar-refractivity contribution is -0.149. The molecule has 104 valence electrons. The molecule has 0 fully saturated rings. The van der Waals surface area contributed by atoms with E-state index in [1.807, 2.05) is 30.3 Å². The van der Waals surface area contributed by atoms with E-state index < -0.39 is 5.97 Å². The molecule has 5 heteroatoms. The summed E-state index contributed by atoms with van der Waals surface area (Å²) in [5.74, 6) is -0.443. The highest BCUT2D eigenvalue weighted by Crippen LogP contribution is 2.16. The van der Waals surface area contributed by atoms with Crippen molar-refractivity contribution in [2.45, 2.75) is 19.6 Å². The normalized spacial score (nSPS) is 11.9. The second kappa shape index (κ2) is 6.52. The summed E-state index contributed by atoms with van der Waals surface area (Å²) in [6.07, 6.45) is 1.23. The fraction of sp³-hybridized carbons (Fsp3) is 0.200. The molecule has 1 aromatic heterocycles. The van der Waals surface area contributed by atoms with E-state index in [4.69, 9.17) is 4.74 Å². The summed E-state index contributed by atoms with van der Waals surface area (Å²) in [4.78, 5) is 23.5. The van der Waals surface area contributed by atoms with Crippen LogP contribution in [0, 0.1) is 0 Å². The molecule has 0 radical (unpaired) electrons. The molecule has 1 atom stereocenters. The van der Waals surface area contributed by atoms with E-state index in [2.05, 4.69) is 15.9 Å². The van der Waals surface area contributed by atoms with Crippen molar-refractivity contribution in [1.29, 1.82) is 0 Å². The minimum atomic E-state index is -0.443. The van der Waals surface area contributed by atoms with Crippen molar-refractivity contribution in [3.63, 3.8) is 0 Å². The van der Waals surface area contributed by atoms with E-state index in [-0.39, 0.29) is 18.2 Å². The van der Waals surface area contributed by atoms with Gasteiger partial charge in [-0.3, -0.25) is 9.59 Å². The molecule has 0 saturated carbocycles. The minimum Gasteiger partial charge on any atom is -0.456 e.